The van der Waals surface area contributed by atoms with Crippen molar-refractivity contribution in [2.75, 3.05) is 18.4 Å². The van der Waals surface area contributed by atoms with Gasteiger partial charge in [0.25, 0.3) is 5.91 Å². The van der Waals surface area contributed by atoms with E-state index in [-0.39, 0.29) is 23.8 Å². The Balaban J connectivity index is 1.40. The largest absolute Gasteiger partial charge is 0.434 e. The molecule has 0 bridgehead atoms. The average Bonchev–Trinajstić information content (AvgIpc) is 2.85. The van der Waals surface area contributed by atoms with Gasteiger partial charge in [0, 0.05) is 18.7 Å². The summed E-state index contributed by atoms with van der Waals surface area (Å²) in [5, 5.41) is 2.80. The van der Waals surface area contributed by atoms with Gasteiger partial charge in [-0.15, -0.1) is 0 Å². The van der Waals surface area contributed by atoms with Crippen molar-refractivity contribution >= 4 is 17.5 Å². The first kappa shape index (κ1) is 22.3. The van der Waals surface area contributed by atoms with Crippen LogP contribution in [0.4, 0.5) is 14.5 Å². The van der Waals surface area contributed by atoms with E-state index < -0.39 is 18.4 Å². The molecular formula is C24H22F2N4O3. The van der Waals surface area contributed by atoms with Crippen LogP contribution in [0.2, 0.25) is 0 Å². The Labute approximate surface area is 189 Å². The van der Waals surface area contributed by atoms with E-state index in [1.807, 2.05) is 30.3 Å². The SMILES string of the molecule is O=C(Nc1cnc(-c2ccccc2)nc1)C1CCCN(C(=O)c2ccccc2OC(F)F)C1. The van der Waals surface area contributed by atoms with Crippen LogP contribution in [0.15, 0.2) is 67.0 Å². The third kappa shape index (κ3) is 5.49. The van der Waals surface area contributed by atoms with Gasteiger partial charge >= 0.3 is 6.61 Å². The number of nitrogens with zero attached hydrogens (tertiary/aromatic N) is 3. The number of amides is 2. The van der Waals surface area contributed by atoms with Crippen LogP contribution in [0.5, 0.6) is 5.75 Å². The smallest absolute Gasteiger partial charge is 0.387 e. The normalized spacial score (nSPS) is 15.8. The van der Waals surface area contributed by atoms with Crippen molar-refractivity contribution < 1.29 is 23.1 Å². The van der Waals surface area contributed by atoms with E-state index in [0.29, 0.717) is 30.9 Å². The first-order valence-corrected chi connectivity index (χ1v) is 10.5. The number of hydrogen-bond acceptors (Lipinski definition) is 5. The molecule has 1 saturated heterocycles. The minimum atomic E-state index is -3.03. The standard InChI is InChI=1S/C24H22F2N4O3/c25-24(26)33-20-11-5-4-10-19(20)23(32)30-12-6-9-17(15-30)22(31)29-18-13-27-21(28-14-18)16-7-2-1-3-8-16/h1-5,7-8,10-11,13-14,17,24H,6,9,12,15H2,(H,29,31). The van der Waals surface area contributed by atoms with E-state index in [1.165, 1.54) is 35.5 Å². The molecule has 0 saturated carbocycles. The van der Waals surface area contributed by atoms with Gasteiger partial charge in [-0.3, -0.25) is 9.59 Å². The van der Waals surface area contributed by atoms with E-state index in [2.05, 4.69) is 20.0 Å². The van der Waals surface area contributed by atoms with E-state index in [4.69, 9.17) is 0 Å². The highest BCUT2D eigenvalue weighted by Crippen LogP contribution is 2.25. The summed E-state index contributed by atoms with van der Waals surface area (Å²) in [7, 11) is 0. The summed E-state index contributed by atoms with van der Waals surface area (Å²) >= 11 is 0. The third-order valence-corrected chi connectivity index (χ3v) is 5.36. The van der Waals surface area contributed by atoms with Gasteiger partial charge in [0.05, 0.1) is 29.6 Å². The lowest BCUT2D eigenvalue weighted by molar-refractivity contribution is -0.121. The zero-order chi connectivity index (χ0) is 23.2. The number of ether oxygens (including phenoxy) is 1. The lowest BCUT2D eigenvalue weighted by Gasteiger charge is -2.32. The summed E-state index contributed by atoms with van der Waals surface area (Å²) in [4.78, 5) is 35.9. The molecule has 3 aromatic rings. The molecule has 170 valence electrons. The van der Waals surface area contributed by atoms with Crippen molar-refractivity contribution in [2.45, 2.75) is 19.5 Å². The Bertz CT molecular complexity index is 1110. The minimum absolute atomic E-state index is 0.0451. The third-order valence-electron chi connectivity index (χ3n) is 5.36. The second-order valence-corrected chi connectivity index (χ2v) is 7.62. The summed E-state index contributed by atoms with van der Waals surface area (Å²) in [6, 6.07) is 15.3. The molecule has 0 spiro atoms. The predicted molar refractivity (Wildman–Crippen MR) is 118 cm³/mol. The van der Waals surface area contributed by atoms with Crippen LogP contribution in [-0.2, 0) is 4.79 Å². The van der Waals surface area contributed by atoms with Crippen LogP contribution in [-0.4, -0.2) is 46.4 Å². The van der Waals surface area contributed by atoms with Gasteiger partial charge in [0.1, 0.15) is 5.75 Å². The zero-order valence-corrected chi connectivity index (χ0v) is 17.7. The molecular weight excluding hydrogens is 430 g/mol. The Kier molecular flexibility index (Phi) is 6.87. The molecule has 1 unspecified atom stereocenters. The second-order valence-electron chi connectivity index (χ2n) is 7.62. The maximum atomic E-state index is 13.0. The van der Waals surface area contributed by atoms with Gasteiger partial charge in [-0.1, -0.05) is 42.5 Å². The van der Waals surface area contributed by atoms with Gasteiger partial charge in [0.2, 0.25) is 5.91 Å². The van der Waals surface area contributed by atoms with Crippen LogP contribution in [0, 0.1) is 5.92 Å². The highest BCUT2D eigenvalue weighted by Gasteiger charge is 2.30. The molecule has 0 aliphatic carbocycles. The summed E-state index contributed by atoms with van der Waals surface area (Å²) in [5.74, 6) is -0.771. The molecule has 2 aromatic carbocycles. The number of anilines is 1. The molecule has 1 fully saturated rings. The molecule has 1 aliphatic heterocycles. The Morgan fingerprint density at radius 1 is 1.03 bits per heavy atom. The van der Waals surface area contributed by atoms with Crippen LogP contribution in [0.3, 0.4) is 0 Å². The number of rotatable bonds is 6. The summed E-state index contributed by atoms with van der Waals surface area (Å²) < 4.78 is 29.9. The topological polar surface area (TPSA) is 84.4 Å². The van der Waals surface area contributed by atoms with E-state index in [1.54, 1.807) is 6.07 Å². The highest BCUT2D eigenvalue weighted by atomic mass is 19.3. The van der Waals surface area contributed by atoms with Gasteiger partial charge in [-0.05, 0) is 25.0 Å². The number of benzene rings is 2. The van der Waals surface area contributed by atoms with Gasteiger partial charge in [-0.25, -0.2) is 9.97 Å². The monoisotopic (exact) mass is 452 g/mol. The molecule has 4 rings (SSSR count). The van der Waals surface area contributed by atoms with Crippen molar-refractivity contribution in [3.05, 3.63) is 72.6 Å². The molecule has 1 aliphatic rings. The summed E-state index contributed by atoms with van der Waals surface area (Å²) in [5.41, 5.74) is 1.37. The molecule has 9 heteroatoms. The molecule has 33 heavy (non-hydrogen) atoms. The first-order valence-electron chi connectivity index (χ1n) is 10.5. The van der Waals surface area contributed by atoms with Gasteiger partial charge in [-0.2, -0.15) is 8.78 Å². The van der Waals surface area contributed by atoms with Crippen molar-refractivity contribution in [3.63, 3.8) is 0 Å². The summed E-state index contributed by atoms with van der Waals surface area (Å²) in [6.45, 7) is -2.42. The van der Waals surface area contributed by atoms with E-state index >= 15 is 0 Å². The number of piperidine rings is 1. The van der Waals surface area contributed by atoms with Crippen molar-refractivity contribution in [2.24, 2.45) is 5.92 Å². The number of para-hydroxylation sites is 1. The molecule has 1 atom stereocenters. The molecule has 0 radical (unpaired) electrons. The fourth-order valence-electron chi connectivity index (χ4n) is 3.76. The molecule has 1 N–H and O–H groups in total. The van der Waals surface area contributed by atoms with Gasteiger partial charge in [0.15, 0.2) is 5.82 Å². The van der Waals surface area contributed by atoms with Crippen molar-refractivity contribution in [3.8, 4) is 17.1 Å². The maximum Gasteiger partial charge on any atom is 0.387 e. The number of likely N-dealkylation sites (tertiary alicyclic amines) is 1. The highest BCUT2D eigenvalue weighted by molar-refractivity contribution is 5.98. The second kappa shape index (κ2) is 10.2. The Morgan fingerprint density at radius 3 is 2.45 bits per heavy atom. The van der Waals surface area contributed by atoms with Gasteiger partial charge < -0.3 is 15.0 Å². The van der Waals surface area contributed by atoms with Crippen LogP contribution in [0.25, 0.3) is 11.4 Å². The molecule has 1 aromatic heterocycles. The van der Waals surface area contributed by atoms with Crippen molar-refractivity contribution in [1.82, 2.24) is 14.9 Å². The van der Waals surface area contributed by atoms with Crippen LogP contribution < -0.4 is 10.1 Å². The average molecular weight is 452 g/mol. The van der Waals surface area contributed by atoms with Crippen molar-refractivity contribution in [1.29, 1.82) is 0 Å². The molecule has 2 amide bonds. The number of carbonyl (C=O) groups is 2. The number of aromatic nitrogens is 2. The van der Waals surface area contributed by atoms with E-state index in [0.717, 1.165) is 5.56 Å². The molecule has 2 heterocycles. The van der Waals surface area contributed by atoms with Crippen LogP contribution in [0.1, 0.15) is 23.2 Å². The Hall–Kier alpha value is -3.88. The number of carbonyl (C=O) groups excluding carboxylic acids is 2. The lowest BCUT2D eigenvalue weighted by atomic mass is 9.96. The maximum absolute atomic E-state index is 13.0. The fourth-order valence-corrected chi connectivity index (χ4v) is 3.76. The minimum Gasteiger partial charge on any atom is -0.434 e. The predicted octanol–water partition coefficient (Wildman–Crippen LogP) is 4.24. The number of alkyl halides is 2. The first-order chi connectivity index (χ1) is 16.0. The fraction of sp³-hybridized carbons (Fsp3) is 0.250. The number of halogens is 2. The quantitative estimate of drug-likeness (QED) is 0.605. The van der Waals surface area contributed by atoms with Crippen LogP contribution >= 0.6 is 0 Å². The Morgan fingerprint density at radius 2 is 1.73 bits per heavy atom. The molecule has 7 nitrogen and oxygen atoms in total. The van der Waals surface area contributed by atoms with E-state index in [9.17, 15) is 18.4 Å². The number of hydrogen-bond donors (Lipinski definition) is 1. The lowest BCUT2D eigenvalue weighted by Crippen LogP contribution is -2.43. The zero-order valence-electron chi connectivity index (χ0n) is 17.7. The number of nitrogens with one attached hydrogen (secondary N) is 1. The summed E-state index contributed by atoms with van der Waals surface area (Å²) in [6.07, 6.45) is 4.30.